The molecule has 0 spiro atoms. The van der Waals surface area contributed by atoms with Gasteiger partial charge >= 0.3 is 0 Å². The highest BCUT2D eigenvalue weighted by atomic mass is 79.9. The van der Waals surface area contributed by atoms with E-state index in [1.807, 2.05) is 43.4 Å². The van der Waals surface area contributed by atoms with Gasteiger partial charge in [-0.1, -0.05) is 18.2 Å². The average Bonchev–Trinajstić information content (AvgIpc) is 3.12. The zero-order valence-electron chi connectivity index (χ0n) is 10.8. The molecule has 4 nitrogen and oxygen atoms in total. The van der Waals surface area contributed by atoms with Crippen LogP contribution < -0.4 is 5.32 Å². The third kappa shape index (κ3) is 2.54. The minimum atomic E-state index is 0.0434. The number of para-hydroxylation sites is 1. The van der Waals surface area contributed by atoms with E-state index in [1.54, 1.807) is 22.3 Å². The lowest BCUT2D eigenvalue weighted by Gasteiger charge is -2.11. The Kier molecular flexibility index (Phi) is 3.95. The van der Waals surface area contributed by atoms with E-state index in [9.17, 15) is 0 Å². The Labute approximate surface area is 129 Å². The van der Waals surface area contributed by atoms with Crippen LogP contribution in [0.1, 0.15) is 16.6 Å². The number of benzene rings is 1. The molecule has 6 heteroatoms. The second kappa shape index (κ2) is 5.87. The fourth-order valence-electron chi connectivity index (χ4n) is 2.02. The molecule has 102 valence electrons. The maximum Gasteiger partial charge on any atom is 0.105 e. The molecule has 3 rings (SSSR count). The number of hydrogen-bond donors (Lipinski definition) is 1. The minimum absolute atomic E-state index is 0.0434. The molecule has 0 aliphatic rings. The first-order chi connectivity index (χ1) is 9.79. The molecular weight excluding hydrogens is 336 g/mol. The molecule has 1 unspecified atom stereocenters. The van der Waals surface area contributed by atoms with Crippen LogP contribution in [0.2, 0.25) is 0 Å². The van der Waals surface area contributed by atoms with Gasteiger partial charge in [-0.3, -0.25) is 0 Å². The zero-order valence-corrected chi connectivity index (χ0v) is 13.2. The van der Waals surface area contributed by atoms with E-state index < -0.39 is 0 Å². The van der Waals surface area contributed by atoms with Crippen LogP contribution in [0.3, 0.4) is 0 Å². The summed E-state index contributed by atoms with van der Waals surface area (Å²) in [7, 11) is 1.93. The number of rotatable bonds is 4. The molecule has 0 amide bonds. The van der Waals surface area contributed by atoms with Crippen molar-refractivity contribution in [3.63, 3.8) is 0 Å². The highest BCUT2D eigenvalue weighted by molar-refractivity contribution is 9.10. The predicted molar refractivity (Wildman–Crippen MR) is 84.3 cm³/mol. The summed E-state index contributed by atoms with van der Waals surface area (Å²) in [6.07, 6.45) is 1.81. The lowest BCUT2D eigenvalue weighted by atomic mass is 10.2. The molecule has 1 atom stereocenters. The van der Waals surface area contributed by atoms with Crippen molar-refractivity contribution in [2.75, 3.05) is 7.05 Å². The first-order valence-corrected chi connectivity index (χ1v) is 7.84. The Morgan fingerprint density at radius 1 is 1.25 bits per heavy atom. The summed E-state index contributed by atoms with van der Waals surface area (Å²) in [6.45, 7) is 0. The van der Waals surface area contributed by atoms with Gasteiger partial charge in [-0.05, 0) is 46.6 Å². The normalized spacial score (nSPS) is 12.5. The molecule has 2 aromatic heterocycles. The van der Waals surface area contributed by atoms with Crippen LogP contribution >= 0.6 is 27.3 Å². The van der Waals surface area contributed by atoms with Crippen molar-refractivity contribution in [2.24, 2.45) is 0 Å². The van der Waals surface area contributed by atoms with Gasteiger partial charge in [0.15, 0.2) is 0 Å². The van der Waals surface area contributed by atoms with Gasteiger partial charge in [-0.25, -0.2) is 0 Å². The number of hydrogen-bond acceptors (Lipinski definition) is 4. The minimum Gasteiger partial charge on any atom is -0.307 e. The van der Waals surface area contributed by atoms with Gasteiger partial charge in [0.2, 0.25) is 0 Å². The summed E-state index contributed by atoms with van der Waals surface area (Å²) < 4.78 is 1.09. The molecular formula is C14H13BrN4S. The third-order valence-corrected chi connectivity index (χ3v) is 4.92. The van der Waals surface area contributed by atoms with Crippen molar-refractivity contribution < 1.29 is 0 Å². The monoisotopic (exact) mass is 348 g/mol. The number of nitrogens with zero attached hydrogens (tertiary/aromatic N) is 3. The van der Waals surface area contributed by atoms with Gasteiger partial charge in [-0.2, -0.15) is 15.0 Å². The van der Waals surface area contributed by atoms with Crippen LogP contribution in [0.15, 0.2) is 52.4 Å². The van der Waals surface area contributed by atoms with Gasteiger partial charge < -0.3 is 5.32 Å². The zero-order chi connectivity index (χ0) is 13.9. The summed E-state index contributed by atoms with van der Waals surface area (Å²) >= 11 is 5.27. The molecule has 0 aliphatic carbocycles. The molecule has 1 aromatic carbocycles. The number of nitrogens with one attached hydrogen (secondary N) is 1. The quantitative estimate of drug-likeness (QED) is 0.785. The SMILES string of the molecule is CNC(c1cnn(-c2ccccc2)n1)c1sccc1Br. The second-order valence-corrected chi connectivity index (χ2v) is 6.05. The molecule has 0 saturated carbocycles. The van der Waals surface area contributed by atoms with Gasteiger partial charge in [0, 0.05) is 9.35 Å². The van der Waals surface area contributed by atoms with Crippen LogP contribution in [0.5, 0.6) is 0 Å². The molecule has 3 aromatic rings. The second-order valence-electron chi connectivity index (χ2n) is 4.25. The lowest BCUT2D eigenvalue weighted by molar-refractivity contribution is 0.656. The van der Waals surface area contributed by atoms with Crippen LogP contribution in [0.25, 0.3) is 5.69 Å². The Bertz CT molecular complexity index is 692. The molecule has 1 N–H and O–H groups in total. The van der Waals surface area contributed by atoms with Crippen molar-refractivity contribution in [3.05, 3.63) is 63.0 Å². The Balaban J connectivity index is 1.95. The van der Waals surface area contributed by atoms with Gasteiger partial charge in [-0.15, -0.1) is 11.3 Å². The van der Waals surface area contributed by atoms with Crippen molar-refractivity contribution in [3.8, 4) is 5.69 Å². The Morgan fingerprint density at radius 3 is 2.70 bits per heavy atom. The highest BCUT2D eigenvalue weighted by Gasteiger charge is 2.19. The van der Waals surface area contributed by atoms with Gasteiger partial charge in [0.25, 0.3) is 0 Å². The molecule has 0 bridgehead atoms. The van der Waals surface area contributed by atoms with E-state index in [0.29, 0.717) is 0 Å². The molecule has 0 radical (unpaired) electrons. The highest BCUT2D eigenvalue weighted by Crippen LogP contribution is 2.32. The van der Waals surface area contributed by atoms with Crippen molar-refractivity contribution in [1.29, 1.82) is 0 Å². The van der Waals surface area contributed by atoms with E-state index in [-0.39, 0.29) is 6.04 Å². The first kappa shape index (κ1) is 13.5. The fraction of sp³-hybridized carbons (Fsp3) is 0.143. The Hall–Kier alpha value is -1.50. The fourth-order valence-corrected chi connectivity index (χ4v) is 3.74. The van der Waals surface area contributed by atoms with E-state index in [0.717, 1.165) is 15.9 Å². The standard InChI is InChI=1S/C14H13BrN4S/c1-16-13(14-11(15)7-8-20-14)12-9-17-19(18-12)10-5-3-2-4-6-10/h2-9,13,16H,1H3. The summed E-state index contributed by atoms with van der Waals surface area (Å²) in [5.74, 6) is 0. The maximum absolute atomic E-state index is 4.58. The van der Waals surface area contributed by atoms with Crippen LogP contribution in [0, 0.1) is 0 Å². The summed E-state index contributed by atoms with van der Waals surface area (Å²) in [5, 5.41) is 14.3. The Morgan fingerprint density at radius 2 is 2.05 bits per heavy atom. The molecule has 0 aliphatic heterocycles. The number of thiophene rings is 1. The predicted octanol–water partition coefficient (Wildman–Crippen LogP) is 3.40. The number of aromatic nitrogens is 3. The number of halogens is 1. The van der Waals surface area contributed by atoms with Crippen molar-refractivity contribution >= 4 is 27.3 Å². The summed E-state index contributed by atoms with van der Waals surface area (Å²) in [5.41, 5.74) is 1.86. The van der Waals surface area contributed by atoms with E-state index >= 15 is 0 Å². The van der Waals surface area contributed by atoms with E-state index in [2.05, 4.69) is 36.8 Å². The van der Waals surface area contributed by atoms with Crippen LogP contribution in [-0.4, -0.2) is 22.0 Å². The molecule has 2 heterocycles. The van der Waals surface area contributed by atoms with E-state index in [1.165, 1.54) is 4.88 Å². The van der Waals surface area contributed by atoms with Crippen LogP contribution in [-0.2, 0) is 0 Å². The molecule has 0 fully saturated rings. The smallest absolute Gasteiger partial charge is 0.105 e. The van der Waals surface area contributed by atoms with Crippen molar-refractivity contribution in [1.82, 2.24) is 20.3 Å². The third-order valence-electron chi connectivity index (χ3n) is 2.99. The van der Waals surface area contributed by atoms with Gasteiger partial charge in [0.1, 0.15) is 5.69 Å². The summed E-state index contributed by atoms with van der Waals surface area (Å²) in [4.78, 5) is 2.86. The largest absolute Gasteiger partial charge is 0.307 e. The summed E-state index contributed by atoms with van der Waals surface area (Å²) in [6, 6.07) is 12.0. The molecule has 0 saturated heterocycles. The topological polar surface area (TPSA) is 42.7 Å². The average molecular weight is 349 g/mol. The van der Waals surface area contributed by atoms with Gasteiger partial charge in [0.05, 0.1) is 17.9 Å². The van der Waals surface area contributed by atoms with E-state index in [4.69, 9.17) is 0 Å². The van der Waals surface area contributed by atoms with Crippen LogP contribution in [0.4, 0.5) is 0 Å². The molecule has 20 heavy (non-hydrogen) atoms. The lowest BCUT2D eigenvalue weighted by Crippen LogP contribution is -2.17. The first-order valence-electron chi connectivity index (χ1n) is 6.17. The van der Waals surface area contributed by atoms with Crippen molar-refractivity contribution in [2.45, 2.75) is 6.04 Å². The maximum atomic E-state index is 4.58.